The second-order valence-corrected chi connectivity index (χ2v) is 14.4. The number of nitrogens with zero attached hydrogens (tertiary/aromatic N) is 2. The molecule has 11 heteroatoms. The fourth-order valence-electron chi connectivity index (χ4n) is 7.63. The van der Waals surface area contributed by atoms with Crippen LogP contribution in [-0.4, -0.2) is 88.1 Å². The Hall–Kier alpha value is -3.54. The lowest BCUT2D eigenvalue weighted by molar-refractivity contribution is -0.160. The van der Waals surface area contributed by atoms with E-state index in [2.05, 4.69) is 34.4 Å². The van der Waals surface area contributed by atoms with Crippen molar-refractivity contribution in [3.63, 3.8) is 0 Å². The van der Waals surface area contributed by atoms with Gasteiger partial charge in [0.25, 0.3) is 5.91 Å². The first-order valence-electron chi connectivity index (χ1n) is 16.8. The van der Waals surface area contributed by atoms with Crippen molar-refractivity contribution in [3.05, 3.63) is 67.8 Å². The van der Waals surface area contributed by atoms with Gasteiger partial charge in [-0.3, -0.25) is 19.2 Å². The van der Waals surface area contributed by atoms with Crippen LogP contribution in [-0.2, 0) is 28.7 Å². The number of carbonyl (C=O) groups is 4. The topological polar surface area (TPSA) is 125 Å². The van der Waals surface area contributed by atoms with Crippen LogP contribution in [0.3, 0.4) is 0 Å². The summed E-state index contributed by atoms with van der Waals surface area (Å²) in [7, 11) is 0. The summed E-state index contributed by atoms with van der Waals surface area (Å²) in [6.07, 6.45) is 3.71. The first-order chi connectivity index (χ1) is 23.0. The van der Waals surface area contributed by atoms with Crippen molar-refractivity contribution in [2.45, 2.75) is 81.2 Å². The van der Waals surface area contributed by atoms with Gasteiger partial charge in [0.05, 0.1) is 37.1 Å². The third-order valence-corrected chi connectivity index (χ3v) is 11.0. The SMILES string of the molecule is C=CCCC(=O)NC[C@H](C)OC(=O)[C@H]1[C@@H]2O[C@@]3(CC2Br)[C@@H]1C(=O)N([C@@H](CO)[C@@H](C)CC)[C@@H]3C(=O)N(CC=C)c1ccc2ccccc2c1. The second-order valence-electron chi connectivity index (χ2n) is 13.2. The Kier molecular flexibility index (Phi) is 11.1. The van der Waals surface area contributed by atoms with Gasteiger partial charge in [-0.25, -0.2) is 0 Å². The van der Waals surface area contributed by atoms with Crippen LogP contribution in [0.15, 0.2) is 67.8 Å². The summed E-state index contributed by atoms with van der Waals surface area (Å²) in [5.41, 5.74) is -0.700. The summed E-state index contributed by atoms with van der Waals surface area (Å²) in [6.45, 7) is 13.0. The molecule has 3 aliphatic heterocycles. The van der Waals surface area contributed by atoms with Gasteiger partial charge in [0.1, 0.15) is 17.7 Å². The molecule has 3 amide bonds. The number of aliphatic hydroxyl groups is 1. The van der Waals surface area contributed by atoms with E-state index >= 15 is 4.79 Å². The fraction of sp³-hybridized carbons (Fsp3) is 0.514. The average Bonchev–Trinajstić information content (AvgIpc) is 3.68. The number of fused-ring (bicyclic) bond motifs is 2. The molecule has 0 radical (unpaired) electrons. The molecule has 2 aromatic carbocycles. The number of allylic oxidation sites excluding steroid dienone is 1. The molecule has 1 spiro atoms. The number of aliphatic hydroxyl groups excluding tert-OH is 1. The van der Waals surface area contributed by atoms with E-state index in [1.54, 1.807) is 24.0 Å². The maximum Gasteiger partial charge on any atom is 0.312 e. The van der Waals surface area contributed by atoms with Crippen molar-refractivity contribution in [3.8, 4) is 0 Å². The minimum absolute atomic E-state index is 0.109. The molecule has 5 rings (SSSR count). The van der Waals surface area contributed by atoms with Crippen LogP contribution in [0, 0.1) is 17.8 Å². The van der Waals surface area contributed by atoms with E-state index in [-0.39, 0.29) is 48.7 Å². The predicted octanol–water partition coefficient (Wildman–Crippen LogP) is 4.53. The number of anilines is 1. The van der Waals surface area contributed by atoms with E-state index in [0.29, 0.717) is 24.9 Å². The molecule has 3 saturated heterocycles. The highest BCUT2D eigenvalue weighted by Crippen LogP contribution is 2.61. The molecule has 9 atom stereocenters. The van der Waals surface area contributed by atoms with Crippen molar-refractivity contribution in [2.24, 2.45) is 17.8 Å². The van der Waals surface area contributed by atoms with Crippen molar-refractivity contribution >= 4 is 56.1 Å². The van der Waals surface area contributed by atoms with Crippen molar-refractivity contribution in [1.82, 2.24) is 10.2 Å². The van der Waals surface area contributed by atoms with Gasteiger partial charge < -0.3 is 29.7 Å². The molecule has 3 fully saturated rings. The van der Waals surface area contributed by atoms with Crippen LogP contribution in [0.2, 0.25) is 0 Å². The zero-order valence-electron chi connectivity index (χ0n) is 27.8. The van der Waals surface area contributed by atoms with E-state index in [0.717, 1.165) is 10.8 Å². The molecule has 2 N–H and O–H groups in total. The molecule has 2 bridgehead atoms. The standard InChI is InChI=1S/C37H46BrN3O7/c1-6-9-14-29(43)39-20-23(5)47-36(46)30-31-34(44)41(28(21-42)22(4)8-3)33(37(31)19-27(38)32(30)48-37)35(45)40(17-7-2)26-16-15-24-12-10-11-13-25(24)18-26/h6-7,10-13,15-16,18,22-23,27-28,30-33,42H,1-2,8-9,14,17,19-21H2,3-5H3,(H,39,43)/t22-,23-,27?,28-,30+,31-,32+,33+,37-/m0/s1. The number of benzene rings is 2. The molecule has 3 aliphatic rings. The number of alkyl halides is 1. The number of halogens is 1. The molecule has 1 unspecified atom stereocenters. The minimum Gasteiger partial charge on any atom is -0.460 e. The quantitative estimate of drug-likeness (QED) is 0.157. The Balaban J connectivity index is 1.51. The molecule has 3 heterocycles. The van der Waals surface area contributed by atoms with Gasteiger partial charge in [0.2, 0.25) is 11.8 Å². The monoisotopic (exact) mass is 723 g/mol. The molecule has 0 aromatic heterocycles. The fourth-order valence-corrected chi connectivity index (χ4v) is 8.57. The summed E-state index contributed by atoms with van der Waals surface area (Å²) in [5.74, 6) is -3.70. The number of likely N-dealkylation sites (tertiary alicyclic amines) is 1. The molecule has 2 aromatic rings. The van der Waals surface area contributed by atoms with Gasteiger partial charge in [0.15, 0.2) is 0 Å². The zero-order valence-corrected chi connectivity index (χ0v) is 29.4. The highest BCUT2D eigenvalue weighted by molar-refractivity contribution is 9.09. The molecular formula is C37H46BrN3O7. The lowest BCUT2D eigenvalue weighted by Gasteiger charge is -2.41. The molecule has 10 nitrogen and oxygen atoms in total. The summed E-state index contributed by atoms with van der Waals surface area (Å²) < 4.78 is 12.5. The number of hydrogen-bond donors (Lipinski definition) is 2. The van der Waals surface area contributed by atoms with Crippen molar-refractivity contribution in [2.75, 3.05) is 24.6 Å². The molecule has 0 saturated carbocycles. The van der Waals surface area contributed by atoms with Crippen LogP contribution >= 0.6 is 15.9 Å². The number of ether oxygens (including phenoxy) is 2. The Morgan fingerprint density at radius 3 is 2.58 bits per heavy atom. The van der Waals surface area contributed by atoms with Gasteiger partial charge in [-0.05, 0) is 48.6 Å². The highest BCUT2D eigenvalue weighted by Gasteiger charge is 2.77. The Morgan fingerprint density at radius 1 is 1.19 bits per heavy atom. The largest absolute Gasteiger partial charge is 0.460 e. The first-order valence-corrected chi connectivity index (χ1v) is 17.7. The number of amides is 3. The number of hydrogen-bond acceptors (Lipinski definition) is 7. The van der Waals surface area contributed by atoms with Crippen LogP contribution in [0.5, 0.6) is 0 Å². The highest BCUT2D eigenvalue weighted by atomic mass is 79.9. The second kappa shape index (κ2) is 14.9. The first kappa shape index (κ1) is 35.8. The smallest absolute Gasteiger partial charge is 0.312 e. The molecule has 0 aliphatic carbocycles. The number of nitrogens with one attached hydrogen (secondary N) is 1. The maximum atomic E-state index is 15.0. The molecular weight excluding hydrogens is 678 g/mol. The predicted molar refractivity (Wildman–Crippen MR) is 187 cm³/mol. The normalized spacial score (nSPS) is 27.6. The summed E-state index contributed by atoms with van der Waals surface area (Å²) >= 11 is 3.71. The molecule has 258 valence electrons. The third kappa shape index (κ3) is 6.44. The van der Waals surface area contributed by atoms with Crippen molar-refractivity contribution < 1.29 is 33.8 Å². The van der Waals surface area contributed by atoms with E-state index < -0.39 is 53.6 Å². The maximum absolute atomic E-state index is 15.0. The average molecular weight is 725 g/mol. The van der Waals surface area contributed by atoms with Crippen LogP contribution in [0.25, 0.3) is 10.8 Å². The van der Waals surface area contributed by atoms with Gasteiger partial charge in [-0.2, -0.15) is 0 Å². The van der Waals surface area contributed by atoms with Crippen LogP contribution in [0.1, 0.15) is 46.5 Å². The minimum atomic E-state index is -1.34. The summed E-state index contributed by atoms with van der Waals surface area (Å²) in [5, 5.41) is 15.4. The lowest BCUT2D eigenvalue weighted by Crippen LogP contribution is -2.60. The number of esters is 1. The van der Waals surface area contributed by atoms with Crippen LogP contribution < -0.4 is 10.2 Å². The van der Waals surface area contributed by atoms with Crippen molar-refractivity contribution in [1.29, 1.82) is 0 Å². The van der Waals surface area contributed by atoms with E-state index in [1.165, 1.54) is 4.90 Å². The summed E-state index contributed by atoms with van der Waals surface area (Å²) in [6, 6.07) is 11.8. The number of rotatable bonds is 15. The Morgan fingerprint density at radius 2 is 1.92 bits per heavy atom. The summed E-state index contributed by atoms with van der Waals surface area (Å²) in [4.78, 5) is 58.5. The van der Waals surface area contributed by atoms with Gasteiger partial charge in [-0.15, -0.1) is 13.2 Å². The zero-order chi connectivity index (χ0) is 34.7. The number of carbonyl (C=O) groups excluding carboxylic acids is 4. The van der Waals surface area contributed by atoms with E-state index in [1.807, 2.05) is 56.3 Å². The van der Waals surface area contributed by atoms with Gasteiger partial charge >= 0.3 is 5.97 Å². The van der Waals surface area contributed by atoms with E-state index in [4.69, 9.17) is 9.47 Å². The Bertz CT molecular complexity index is 1570. The Labute approximate surface area is 290 Å². The van der Waals surface area contributed by atoms with E-state index in [9.17, 15) is 19.5 Å². The van der Waals surface area contributed by atoms with Gasteiger partial charge in [-0.1, -0.05) is 78.7 Å². The van der Waals surface area contributed by atoms with Gasteiger partial charge in [0, 0.05) is 23.5 Å². The van der Waals surface area contributed by atoms with Crippen LogP contribution in [0.4, 0.5) is 5.69 Å². The third-order valence-electron chi connectivity index (χ3n) is 10.2. The molecule has 48 heavy (non-hydrogen) atoms. The lowest BCUT2D eigenvalue weighted by atomic mass is 9.70.